The molecule has 0 aliphatic carbocycles. The van der Waals surface area contributed by atoms with Crippen LogP contribution in [0.1, 0.15) is 30.9 Å². The Labute approximate surface area is 119 Å². The molecule has 0 bridgehead atoms. The molecule has 19 heavy (non-hydrogen) atoms. The molecule has 0 radical (unpaired) electrons. The predicted octanol–water partition coefficient (Wildman–Crippen LogP) is 2.93. The maximum atomic E-state index is 6.18. The molecule has 1 aromatic carbocycles. The number of halogens is 1. The normalized spacial score (nSPS) is 20.9. The van der Waals surface area contributed by atoms with Gasteiger partial charge in [-0.2, -0.15) is 0 Å². The first-order valence-electron chi connectivity index (χ1n) is 6.93. The summed E-state index contributed by atoms with van der Waals surface area (Å²) in [6.45, 7) is 5.52. The van der Waals surface area contributed by atoms with E-state index in [1.807, 2.05) is 12.1 Å². The molecule has 0 aromatic heterocycles. The number of rotatable bonds is 3. The summed E-state index contributed by atoms with van der Waals surface area (Å²) < 4.78 is 11.2. The summed E-state index contributed by atoms with van der Waals surface area (Å²) in [5, 5.41) is 4.46. The van der Waals surface area contributed by atoms with Crippen LogP contribution < -0.4 is 10.1 Å². The largest absolute Gasteiger partial charge is 0.493 e. The van der Waals surface area contributed by atoms with Crippen molar-refractivity contribution in [3.63, 3.8) is 0 Å². The summed E-state index contributed by atoms with van der Waals surface area (Å²) in [5.41, 5.74) is 2.57. The smallest absolute Gasteiger partial charge is 0.127 e. The molecule has 1 N–H and O–H groups in total. The first-order valence-corrected chi connectivity index (χ1v) is 7.31. The molecule has 0 spiro atoms. The highest BCUT2D eigenvalue weighted by molar-refractivity contribution is 6.30. The van der Waals surface area contributed by atoms with Gasteiger partial charge in [0.05, 0.1) is 6.61 Å². The fourth-order valence-corrected chi connectivity index (χ4v) is 3.05. The minimum absolute atomic E-state index is 0.159. The molecule has 3 rings (SSSR count). The van der Waals surface area contributed by atoms with Crippen LogP contribution in [0.15, 0.2) is 12.1 Å². The quantitative estimate of drug-likeness (QED) is 0.924. The molecular formula is C15H20ClNO2. The number of fused-ring (bicyclic) bond motifs is 1. The Balaban J connectivity index is 1.73. The van der Waals surface area contributed by atoms with E-state index in [9.17, 15) is 0 Å². The Hall–Kier alpha value is -0.770. The summed E-state index contributed by atoms with van der Waals surface area (Å²) in [5.74, 6) is 1.03. The van der Waals surface area contributed by atoms with Gasteiger partial charge in [-0.1, -0.05) is 11.6 Å². The van der Waals surface area contributed by atoms with Crippen LogP contribution in [0.2, 0.25) is 5.02 Å². The Morgan fingerprint density at radius 1 is 1.26 bits per heavy atom. The van der Waals surface area contributed by atoms with Gasteiger partial charge in [0, 0.05) is 42.3 Å². The van der Waals surface area contributed by atoms with Gasteiger partial charge in [0.1, 0.15) is 5.75 Å². The van der Waals surface area contributed by atoms with Crippen LogP contribution in [0.25, 0.3) is 0 Å². The highest BCUT2D eigenvalue weighted by atomic mass is 35.5. The molecule has 2 aliphatic heterocycles. The average Bonchev–Trinajstić information content (AvgIpc) is 2.85. The van der Waals surface area contributed by atoms with Crippen LogP contribution in [0, 0.1) is 0 Å². The molecule has 104 valence electrons. The third kappa shape index (κ3) is 2.88. The van der Waals surface area contributed by atoms with Gasteiger partial charge in [-0.05, 0) is 37.5 Å². The molecule has 0 unspecified atom stereocenters. The minimum atomic E-state index is 0.159. The predicted molar refractivity (Wildman–Crippen MR) is 75.9 cm³/mol. The lowest BCUT2D eigenvalue weighted by atomic mass is 9.92. The molecule has 4 heteroatoms. The van der Waals surface area contributed by atoms with E-state index in [2.05, 4.69) is 12.2 Å². The van der Waals surface area contributed by atoms with E-state index in [0.717, 1.165) is 56.4 Å². The molecule has 1 fully saturated rings. The van der Waals surface area contributed by atoms with Crippen molar-refractivity contribution in [2.75, 3.05) is 19.8 Å². The van der Waals surface area contributed by atoms with Gasteiger partial charge in [-0.25, -0.2) is 0 Å². The number of nitrogens with one attached hydrogen (secondary N) is 1. The number of hydrogen-bond donors (Lipinski definition) is 1. The molecule has 1 saturated heterocycles. The maximum Gasteiger partial charge on any atom is 0.127 e. The van der Waals surface area contributed by atoms with E-state index < -0.39 is 0 Å². The average molecular weight is 282 g/mol. The molecule has 2 heterocycles. The van der Waals surface area contributed by atoms with E-state index in [0.29, 0.717) is 0 Å². The van der Waals surface area contributed by atoms with Gasteiger partial charge in [0.25, 0.3) is 0 Å². The van der Waals surface area contributed by atoms with Crippen LogP contribution in [-0.2, 0) is 17.7 Å². The third-order valence-electron chi connectivity index (χ3n) is 4.13. The Morgan fingerprint density at radius 2 is 2.05 bits per heavy atom. The van der Waals surface area contributed by atoms with E-state index >= 15 is 0 Å². The van der Waals surface area contributed by atoms with Gasteiger partial charge in [-0.15, -0.1) is 0 Å². The van der Waals surface area contributed by atoms with Gasteiger partial charge in [0.15, 0.2) is 0 Å². The third-order valence-corrected chi connectivity index (χ3v) is 4.35. The summed E-state index contributed by atoms with van der Waals surface area (Å²) in [7, 11) is 0. The van der Waals surface area contributed by atoms with Crippen molar-refractivity contribution >= 4 is 11.6 Å². The molecule has 3 nitrogen and oxygen atoms in total. The molecule has 0 saturated carbocycles. The summed E-state index contributed by atoms with van der Waals surface area (Å²) in [4.78, 5) is 0. The topological polar surface area (TPSA) is 30.5 Å². The molecule has 0 atom stereocenters. The van der Waals surface area contributed by atoms with Gasteiger partial charge in [0.2, 0.25) is 0 Å². The van der Waals surface area contributed by atoms with E-state index in [1.54, 1.807) is 0 Å². The lowest BCUT2D eigenvalue weighted by molar-refractivity contribution is 0.0445. The van der Waals surface area contributed by atoms with Crippen LogP contribution in [0.3, 0.4) is 0 Å². The Kier molecular flexibility index (Phi) is 3.70. The minimum Gasteiger partial charge on any atom is -0.493 e. The number of ether oxygens (including phenoxy) is 2. The van der Waals surface area contributed by atoms with E-state index in [-0.39, 0.29) is 5.54 Å². The second-order valence-electron chi connectivity index (χ2n) is 5.68. The van der Waals surface area contributed by atoms with Crippen molar-refractivity contribution in [1.82, 2.24) is 5.32 Å². The highest BCUT2D eigenvalue weighted by Gasteiger charge is 2.27. The van der Waals surface area contributed by atoms with Crippen LogP contribution in [0.4, 0.5) is 0 Å². The van der Waals surface area contributed by atoms with Crippen molar-refractivity contribution < 1.29 is 9.47 Å². The zero-order valence-corrected chi connectivity index (χ0v) is 12.1. The Morgan fingerprint density at radius 3 is 2.84 bits per heavy atom. The highest BCUT2D eigenvalue weighted by Crippen LogP contribution is 2.33. The zero-order chi connectivity index (χ0) is 13.3. The lowest BCUT2D eigenvalue weighted by Gasteiger charge is -2.34. The fourth-order valence-electron chi connectivity index (χ4n) is 2.78. The second kappa shape index (κ2) is 5.31. The van der Waals surface area contributed by atoms with Crippen molar-refractivity contribution in [3.8, 4) is 5.75 Å². The van der Waals surface area contributed by atoms with Crippen LogP contribution in [0.5, 0.6) is 5.75 Å². The maximum absolute atomic E-state index is 6.18. The molecule has 2 aliphatic rings. The second-order valence-corrected chi connectivity index (χ2v) is 6.11. The molecule has 0 amide bonds. The number of benzene rings is 1. The lowest BCUT2D eigenvalue weighted by Crippen LogP contribution is -2.46. The van der Waals surface area contributed by atoms with Gasteiger partial charge < -0.3 is 14.8 Å². The van der Waals surface area contributed by atoms with E-state index in [4.69, 9.17) is 21.1 Å². The Bertz CT molecular complexity index is 469. The summed E-state index contributed by atoms with van der Waals surface area (Å²) >= 11 is 6.18. The van der Waals surface area contributed by atoms with Crippen molar-refractivity contribution in [2.45, 2.75) is 38.3 Å². The monoisotopic (exact) mass is 281 g/mol. The van der Waals surface area contributed by atoms with E-state index in [1.165, 1.54) is 11.1 Å². The first-order chi connectivity index (χ1) is 9.16. The zero-order valence-electron chi connectivity index (χ0n) is 11.3. The van der Waals surface area contributed by atoms with Crippen molar-refractivity contribution in [2.24, 2.45) is 0 Å². The molecule has 1 aromatic rings. The van der Waals surface area contributed by atoms with Crippen LogP contribution in [-0.4, -0.2) is 25.4 Å². The van der Waals surface area contributed by atoms with Crippen molar-refractivity contribution in [1.29, 1.82) is 0 Å². The van der Waals surface area contributed by atoms with Crippen LogP contribution >= 0.6 is 11.6 Å². The van der Waals surface area contributed by atoms with Gasteiger partial charge in [-0.3, -0.25) is 0 Å². The SMILES string of the molecule is CC1(NCc2cc(Cl)cc3c2OCC3)CCOCC1. The standard InChI is InChI=1S/C15H20ClNO2/c1-15(3-6-18-7-4-15)17-10-12-9-13(16)8-11-2-5-19-14(11)12/h8-9,17H,2-7,10H2,1H3. The van der Waals surface area contributed by atoms with Crippen molar-refractivity contribution in [3.05, 3.63) is 28.3 Å². The summed E-state index contributed by atoms with van der Waals surface area (Å²) in [6.07, 6.45) is 3.07. The van der Waals surface area contributed by atoms with Gasteiger partial charge >= 0.3 is 0 Å². The first kappa shape index (κ1) is 13.2. The summed E-state index contributed by atoms with van der Waals surface area (Å²) in [6, 6.07) is 4.03. The number of hydrogen-bond acceptors (Lipinski definition) is 3. The fraction of sp³-hybridized carbons (Fsp3) is 0.600. The molecular weight excluding hydrogens is 262 g/mol.